The molecule has 1 fully saturated rings. The Morgan fingerprint density at radius 2 is 1.71 bits per heavy atom. The standard InChI is InChI=1S/C28H40O3/c1-9-11-21-16-22-17(2)12-10-13-23(28(6,7)8)18(3)14-19(4)25(22)27(31)26(21)24(30)15-20(5)29/h10,13,21,26H,9,11-12,14-16H2,1-8H3/b13-10-,22-17-,23-18+,25-19+. The van der Waals surface area contributed by atoms with E-state index in [2.05, 4.69) is 53.7 Å². The first-order valence-corrected chi connectivity index (χ1v) is 11.7. The second kappa shape index (κ2) is 10.1. The van der Waals surface area contributed by atoms with Crippen LogP contribution < -0.4 is 0 Å². The topological polar surface area (TPSA) is 51.2 Å². The van der Waals surface area contributed by atoms with Crippen molar-refractivity contribution >= 4 is 17.3 Å². The van der Waals surface area contributed by atoms with E-state index in [4.69, 9.17) is 0 Å². The smallest absolute Gasteiger partial charge is 0.173 e. The van der Waals surface area contributed by atoms with E-state index in [9.17, 15) is 14.4 Å². The maximum absolute atomic E-state index is 13.8. The lowest BCUT2D eigenvalue weighted by Crippen LogP contribution is -2.39. The quantitative estimate of drug-likeness (QED) is 0.452. The molecule has 2 atom stereocenters. The highest BCUT2D eigenvalue weighted by molar-refractivity contribution is 6.17. The maximum atomic E-state index is 13.8. The Morgan fingerprint density at radius 3 is 2.26 bits per heavy atom. The molecule has 3 heteroatoms. The first-order chi connectivity index (χ1) is 14.4. The van der Waals surface area contributed by atoms with Gasteiger partial charge in [-0.15, -0.1) is 0 Å². The van der Waals surface area contributed by atoms with Crippen molar-refractivity contribution in [3.05, 3.63) is 45.6 Å². The summed E-state index contributed by atoms with van der Waals surface area (Å²) in [5.74, 6) is -1.12. The van der Waals surface area contributed by atoms with Gasteiger partial charge >= 0.3 is 0 Å². The number of fused-ring (bicyclic) bond motifs is 1. The number of Topliss-reactive ketones (excluding diaryl/α,β-unsaturated/α-hetero) is 3. The van der Waals surface area contributed by atoms with Crippen LogP contribution in [0.15, 0.2) is 45.6 Å². The van der Waals surface area contributed by atoms with Gasteiger partial charge in [0.05, 0.1) is 12.3 Å². The van der Waals surface area contributed by atoms with Gasteiger partial charge in [0.25, 0.3) is 0 Å². The maximum Gasteiger partial charge on any atom is 0.173 e. The minimum atomic E-state index is -0.685. The molecule has 0 aromatic heterocycles. The minimum absolute atomic E-state index is 0.0143. The molecule has 2 unspecified atom stereocenters. The summed E-state index contributed by atoms with van der Waals surface area (Å²) in [5, 5.41) is 0. The van der Waals surface area contributed by atoms with Crippen LogP contribution in [0.5, 0.6) is 0 Å². The van der Waals surface area contributed by atoms with E-state index in [0.717, 1.165) is 48.8 Å². The van der Waals surface area contributed by atoms with Crippen molar-refractivity contribution in [3.63, 3.8) is 0 Å². The molecule has 31 heavy (non-hydrogen) atoms. The molecule has 0 bridgehead atoms. The lowest BCUT2D eigenvalue weighted by atomic mass is 9.66. The lowest BCUT2D eigenvalue weighted by molar-refractivity contribution is -0.135. The van der Waals surface area contributed by atoms with E-state index in [1.54, 1.807) is 0 Å². The van der Waals surface area contributed by atoms with Gasteiger partial charge in [-0.05, 0) is 75.9 Å². The van der Waals surface area contributed by atoms with Crippen molar-refractivity contribution in [1.29, 1.82) is 0 Å². The monoisotopic (exact) mass is 424 g/mol. The van der Waals surface area contributed by atoms with E-state index in [0.29, 0.717) is 0 Å². The molecular formula is C28H40O3. The van der Waals surface area contributed by atoms with Crippen molar-refractivity contribution in [3.8, 4) is 0 Å². The fraction of sp³-hybridized carbons (Fsp3) is 0.607. The van der Waals surface area contributed by atoms with Crippen LogP contribution in [0.2, 0.25) is 0 Å². The molecule has 1 saturated carbocycles. The summed E-state index contributed by atoms with van der Waals surface area (Å²) in [6.07, 6.45) is 8.35. The summed E-state index contributed by atoms with van der Waals surface area (Å²) in [6.45, 7) is 16.5. The van der Waals surface area contributed by atoms with E-state index in [-0.39, 0.29) is 35.1 Å². The van der Waals surface area contributed by atoms with Crippen molar-refractivity contribution < 1.29 is 14.4 Å². The molecule has 0 saturated heterocycles. The number of allylic oxidation sites excluding steroid dienone is 8. The SMILES string of the molecule is CCCC1CC2=C(\C)C/C=C\C(C(C)(C)C)=C(\C)C/C(C)=C\2C(=O)C1C(=O)CC(C)=O. The lowest BCUT2D eigenvalue weighted by Gasteiger charge is -2.35. The molecule has 0 spiro atoms. The number of carbonyl (C=O) groups excluding carboxylic acids is 3. The molecule has 2 rings (SSSR count). The van der Waals surface area contributed by atoms with E-state index < -0.39 is 5.92 Å². The fourth-order valence-electron chi connectivity index (χ4n) is 5.35. The molecule has 2 aliphatic rings. The average molecular weight is 425 g/mol. The van der Waals surface area contributed by atoms with Gasteiger partial charge in [-0.3, -0.25) is 14.4 Å². The van der Waals surface area contributed by atoms with Crippen LogP contribution >= 0.6 is 0 Å². The molecule has 0 aromatic rings. The minimum Gasteiger partial charge on any atom is -0.300 e. The molecule has 0 N–H and O–H groups in total. The average Bonchev–Trinajstić information content (AvgIpc) is 2.62. The van der Waals surface area contributed by atoms with Crippen LogP contribution in [-0.2, 0) is 14.4 Å². The molecule has 0 amide bonds. The van der Waals surface area contributed by atoms with Gasteiger partial charge in [0, 0.05) is 5.57 Å². The van der Waals surface area contributed by atoms with Crippen LogP contribution in [-0.4, -0.2) is 17.3 Å². The molecular weight excluding hydrogens is 384 g/mol. The van der Waals surface area contributed by atoms with Gasteiger partial charge in [0.1, 0.15) is 5.78 Å². The highest BCUT2D eigenvalue weighted by atomic mass is 16.2. The summed E-state index contributed by atoms with van der Waals surface area (Å²) in [4.78, 5) is 38.5. The Labute approximate surface area is 188 Å². The zero-order valence-corrected chi connectivity index (χ0v) is 20.8. The Balaban J connectivity index is 2.65. The Hall–Kier alpha value is -2.03. The van der Waals surface area contributed by atoms with Gasteiger partial charge in [-0.25, -0.2) is 0 Å². The summed E-state index contributed by atoms with van der Waals surface area (Å²) < 4.78 is 0. The number of ketones is 3. The third kappa shape index (κ3) is 5.81. The predicted molar refractivity (Wildman–Crippen MR) is 128 cm³/mol. The molecule has 170 valence electrons. The van der Waals surface area contributed by atoms with Crippen molar-refractivity contribution in [2.75, 3.05) is 0 Å². The molecule has 0 radical (unpaired) electrons. The van der Waals surface area contributed by atoms with Gasteiger partial charge < -0.3 is 0 Å². The highest BCUT2D eigenvalue weighted by Crippen LogP contribution is 2.43. The van der Waals surface area contributed by atoms with Gasteiger partial charge in [0.2, 0.25) is 0 Å². The number of carbonyl (C=O) groups is 3. The summed E-state index contributed by atoms with van der Waals surface area (Å²) >= 11 is 0. The first kappa shape index (κ1) is 25.2. The number of hydrogen-bond donors (Lipinski definition) is 0. The van der Waals surface area contributed by atoms with Gasteiger partial charge in [0.15, 0.2) is 11.6 Å². The largest absolute Gasteiger partial charge is 0.300 e. The zero-order valence-electron chi connectivity index (χ0n) is 20.8. The summed E-state index contributed by atoms with van der Waals surface area (Å²) in [7, 11) is 0. The zero-order chi connectivity index (χ0) is 23.5. The summed E-state index contributed by atoms with van der Waals surface area (Å²) in [6, 6.07) is 0. The van der Waals surface area contributed by atoms with Crippen LogP contribution in [0.25, 0.3) is 0 Å². The van der Waals surface area contributed by atoms with E-state index in [1.807, 2.05) is 6.92 Å². The van der Waals surface area contributed by atoms with Crippen LogP contribution in [0, 0.1) is 17.3 Å². The summed E-state index contributed by atoms with van der Waals surface area (Å²) in [5.41, 5.74) is 6.74. The van der Waals surface area contributed by atoms with Crippen LogP contribution in [0.4, 0.5) is 0 Å². The van der Waals surface area contributed by atoms with Crippen molar-refractivity contribution in [2.45, 2.75) is 93.9 Å². The second-order valence-electron chi connectivity index (χ2n) is 10.6. The normalized spacial score (nSPS) is 31.3. The number of hydrogen-bond acceptors (Lipinski definition) is 3. The van der Waals surface area contributed by atoms with Gasteiger partial charge in [-0.1, -0.05) is 63.0 Å². The van der Waals surface area contributed by atoms with Crippen LogP contribution in [0.1, 0.15) is 93.9 Å². The molecule has 3 nitrogen and oxygen atoms in total. The van der Waals surface area contributed by atoms with Crippen molar-refractivity contribution in [1.82, 2.24) is 0 Å². The van der Waals surface area contributed by atoms with Crippen LogP contribution in [0.3, 0.4) is 0 Å². The Kier molecular flexibility index (Phi) is 8.19. The second-order valence-corrected chi connectivity index (χ2v) is 10.6. The highest BCUT2D eigenvalue weighted by Gasteiger charge is 2.42. The third-order valence-corrected chi connectivity index (χ3v) is 6.65. The predicted octanol–water partition coefficient (Wildman–Crippen LogP) is 6.89. The molecule has 0 aliphatic heterocycles. The molecule has 0 aromatic carbocycles. The Bertz CT molecular complexity index is 884. The number of rotatable bonds is 5. The van der Waals surface area contributed by atoms with E-state index in [1.165, 1.54) is 23.6 Å². The Morgan fingerprint density at radius 1 is 1.06 bits per heavy atom. The fourth-order valence-corrected chi connectivity index (χ4v) is 5.35. The van der Waals surface area contributed by atoms with Crippen molar-refractivity contribution in [2.24, 2.45) is 17.3 Å². The molecule has 0 heterocycles. The third-order valence-electron chi connectivity index (χ3n) is 6.65. The first-order valence-electron chi connectivity index (χ1n) is 11.7. The molecule has 2 aliphatic carbocycles. The van der Waals surface area contributed by atoms with E-state index >= 15 is 0 Å². The van der Waals surface area contributed by atoms with Gasteiger partial charge in [-0.2, -0.15) is 0 Å².